The summed E-state index contributed by atoms with van der Waals surface area (Å²) in [5, 5.41) is 12.0. The lowest BCUT2D eigenvalue weighted by atomic mass is 9.99. The fourth-order valence-electron chi connectivity index (χ4n) is 2.23. The van der Waals surface area contributed by atoms with Gasteiger partial charge in [0.05, 0.1) is 12.3 Å². The minimum atomic E-state index is -0.911. The van der Waals surface area contributed by atoms with Crippen LogP contribution in [0.3, 0.4) is 0 Å². The van der Waals surface area contributed by atoms with Crippen molar-refractivity contribution in [3.05, 3.63) is 65.5 Å². The van der Waals surface area contributed by atoms with Gasteiger partial charge in [-0.25, -0.2) is 0 Å². The number of benzene rings is 1. The largest absolute Gasteiger partial charge is 0.481 e. The van der Waals surface area contributed by atoms with Crippen LogP contribution in [0.5, 0.6) is 0 Å². The van der Waals surface area contributed by atoms with E-state index in [2.05, 4.69) is 10.3 Å². The van der Waals surface area contributed by atoms with Crippen LogP contribution in [-0.2, 0) is 22.4 Å². The Bertz CT molecular complexity index is 654. The zero-order valence-corrected chi connectivity index (χ0v) is 13.0. The number of carboxylic acid groups (broad SMARTS) is 1. The van der Waals surface area contributed by atoms with E-state index in [1.54, 1.807) is 6.20 Å². The normalized spacial score (nSPS) is 11.7. The maximum absolute atomic E-state index is 11.9. The number of hydrogen-bond donors (Lipinski definition) is 2. The second-order valence-electron chi connectivity index (χ2n) is 5.51. The van der Waals surface area contributed by atoms with Gasteiger partial charge in [-0.15, -0.1) is 0 Å². The lowest BCUT2D eigenvalue weighted by molar-refractivity contribution is -0.141. The minimum Gasteiger partial charge on any atom is -0.481 e. The average Bonchev–Trinajstić information content (AvgIpc) is 2.54. The zero-order chi connectivity index (χ0) is 16.7. The van der Waals surface area contributed by atoms with E-state index in [1.165, 1.54) is 0 Å². The van der Waals surface area contributed by atoms with Crippen LogP contribution in [0.15, 0.2) is 48.7 Å². The van der Waals surface area contributed by atoms with Gasteiger partial charge in [0.25, 0.3) is 0 Å². The second-order valence-corrected chi connectivity index (χ2v) is 5.51. The number of aliphatic carboxylic acids is 1. The van der Waals surface area contributed by atoms with E-state index < -0.39 is 11.9 Å². The molecule has 0 aliphatic rings. The van der Waals surface area contributed by atoms with Crippen LogP contribution in [0, 0.1) is 12.8 Å². The first kappa shape index (κ1) is 16.7. The van der Waals surface area contributed by atoms with Crippen LogP contribution in [-0.4, -0.2) is 28.5 Å². The highest BCUT2D eigenvalue weighted by molar-refractivity contribution is 5.79. The Hall–Kier alpha value is -2.69. The Balaban J connectivity index is 1.87. The second kappa shape index (κ2) is 8.08. The molecule has 5 nitrogen and oxygen atoms in total. The van der Waals surface area contributed by atoms with Gasteiger partial charge in [0.1, 0.15) is 0 Å². The fraction of sp³-hybridized carbons (Fsp3) is 0.278. The highest BCUT2D eigenvalue weighted by Crippen LogP contribution is 2.09. The number of aryl methyl sites for hydroxylation is 1. The predicted molar refractivity (Wildman–Crippen MR) is 87.0 cm³/mol. The fourth-order valence-corrected chi connectivity index (χ4v) is 2.23. The summed E-state index contributed by atoms with van der Waals surface area (Å²) in [5.41, 5.74) is 2.64. The third-order valence-corrected chi connectivity index (χ3v) is 3.56. The van der Waals surface area contributed by atoms with Crippen LogP contribution < -0.4 is 5.32 Å². The Morgan fingerprint density at radius 3 is 2.48 bits per heavy atom. The van der Waals surface area contributed by atoms with Crippen molar-refractivity contribution in [3.63, 3.8) is 0 Å². The minimum absolute atomic E-state index is 0.113. The maximum Gasteiger partial charge on any atom is 0.308 e. The first-order chi connectivity index (χ1) is 11.0. The van der Waals surface area contributed by atoms with Gasteiger partial charge in [0, 0.05) is 18.4 Å². The number of carboxylic acids is 1. The number of nitrogens with one attached hydrogen (secondary N) is 1. The van der Waals surface area contributed by atoms with Crippen molar-refractivity contribution in [2.75, 3.05) is 6.54 Å². The Labute approximate surface area is 135 Å². The quantitative estimate of drug-likeness (QED) is 0.819. The van der Waals surface area contributed by atoms with Gasteiger partial charge in [-0.3, -0.25) is 14.6 Å². The van der Waals surface area contributed by atoms with Gasteiger partial charge >= 0.3 is 5.97 Å². The molecule has 0 saturated heterocycles. The highest BCUT2D eigenvalue weighted by Gasteiger charge is 2.19. The summed E-state index contributed by atoms with van der Waals surface area (Å²) in [6.45, 7) is 1.99. The summed E-state index contributed by atoms with van der Waals surface area (Å²) in [4.78, 5) is 27.4. The van der Waals surface area contributed by atoms with E-state index in [1.807, 2.05) is 49.4 Å². The molecule has 120 valence electrons. The van der Waals surface area contributed by atoms with Crippen LogP contribution in [0.4, 0.5) is 0 Å². The van der Waals surface area contributed by atoms with Crippen molar-refractivity contribution in [1.82, 2.24) is 10.3 Å². The molecule has 0 aliphatic heterocycles. The van der Waals surface area contributed by atoms with Gasteiger partial charge in [-0.1, -0.05) is 36.4 Å². The summed E-state index contributed by atoms with van der Waals surface area (Å²) < 4.78 is 0. The topological polar surface area (TPSA) is 79.3 Å². The summed E-state index contributed by atoms with van der Waals surface area (Å²) in [7, 11) is 0. The van der Waals surface area contributed by atoms with Crippen LogP contribution in [0.25, 0.3) is 0 Å². The molecule has 0 spiro atoms. The molecular weight excluding hydrogens is 292 g/mol. The van der Waals surface area contributed by atoms with Crippen molar-refractivity contribution in [2.24, 2.45) is 5.92 Å². The third kappa shape index (κ3) is 5.54. The number of carbonyl (C=O) groups is 2. The monoisotopic (exact) mass is 312 g/mol. The molecule has 2 N–H and O–H groups in total. The number of nitrogens with zero attached hydrogens (tertiary/aromatic N) is 1. The van der Waals surface area contributed by atoms with Crippen LogP contribution >= 0.6 is 0 Å². The number of pyridine rings is 1. The van der Waals surface area contributed by atoms with Gasteiger partial charge in [0.15, 0.2) is 0 Å². The summed E-state index contributed by atoms with van der Waals surface area (Å²) in [5.74, 6) is -1.75. The Kier molecular flexibility index (Phi) is 5.86. The molecular formula is C18H20N2O3. The van der Waals surface area contributed by atoms with Gasteiger partial charge in [0.2, 0.25) is 5.91 Å². The molecule has 2 rings (SSSR count). The third-order valence-electron chi connectivity index (χ3n) is 3.56. The number of amides is 1. The average molecular weight is 312 g/mol. The maximum atomic E-state index is 11.9. The number of hydrogen-bond acceptors (Lipinski definition) is 3. The first-order valence-corrected chi connectivity index (χ1v) is 7.49. The predicted octanol–water partition coefficient (Wildman–Crippen LogP) is 1.99. The van der Waals surface area contributed by atoms with E-state index in [9.17, 15) is 14.7 Å². The SMILES string of the molecule is Cc1ccc(CC(=O)NCC(Cc2ccccc2)C(=O)O)cn1. The molecule has 0 radical (unpaired) electrons. The van der Waals surface area contributed by atoms with Crippen LogP contribution in [0.2, 0.25) is 0 Å². The number of aromatic nitrogens is 1. The molecule has 5 heteroatoms. The molecule has 23 heavy (non-hydrogen) atoms. The van der Waals surface area contributed by atoms with Gasteiger partial charge < -0.3 is 10.4 Å². The molecule has 1 unspecified atom stereocenters. The Morgan fingerprint density at radius 1 is 1.13 bits per heavy atom. The smallest absolute Gasteiger partial charge is 0.308 e. The van der Waals surface area contributed by atoms with Gasteiger partial charge in [-0.05, 0) is 30.5 Å². The van der Waals surface area contributed by atoms with Crippen molar-refractivity contribution in [2.45, 2.75) is 19.8 Å². The van der Waals surface area contributed by atoms with Crippen molar-refractivity contribution in [1.29, 1.82) is 0 Å². The summed E-state index contributed by atoms with van der Waals surface area (Å²) >= 11 is 0. The van der Waals surface area contributed by atoms with E-state index in [0.29, 0.717) is 6.42 Å². The van der Waals surface area contributed by atoms with Crippen molar-refractivity contribution >= 4 is 11.9 Å². The standard InChI is InChI=1S/C18H20N2O3/c1-13-7-8-15(11-19-13)10-17(21)20-12-16(18(22)23)9-14-5-3-2-4-6-14/h2-8,11,16H,9-10,12H2,1H3,(H,20,21)(H,22,23). The van der Waals surface area contributed by atoms with E-state index in [4.69, 9.17) is 0 Å². The molecule has 2 aromatic rings. The number of carbonyl (C=O) groups excluding carboxylic acids is 1. The summed E-state index contributed by atoms with van der Waals surface area (Å²) in [6.07, 6.45) is 2.25. The molecule has 1 amide bonds. The molecule has 1 aromatic heterocycles. The highest BCUT2D eigenvalue weighted by atomic mass is 16.4. The van der Waals surface area contributed by atoms with Crippen molar-refractivity contribution < 1.29 is 14.7 Å². The first-order valence-electron chi connectivity index (χ1n) is 7.49. The van der Waals surface area contributed by atoms with Crippen molar-refractivity contribution in [3.8, 4) is 0 Å². The molecule has 0 fully saturated rings. The number of rotatable bonds is 7. The van der Waals surface area contributed by atoms with Crippen LogP contribution in [0.1, 0.15) is 16.8 Å². The zero-order valence-electron chi connectivity index (χ0n) is 13.0. The molecule has 0 saturated carbocycles. The molecule has 0 aliphatic carbocycles. The molecule has 0 bridgehead atoms. The molecule has 1 aromatic carbocycles. The Morgan fingerprint density at radius 2 is 1.87 bits per heavy atom. The molecule has 1 heterocycles. The summed E-state index contributed by atoms with van der Waals surface area (Å²) in [6, 6.07) is 13.1. The van der Waals surface area contributed by atoms with E-state index in [0.717, 1.165) is 16.8 Å². The van der Waals surface area contributed by atoms with E-state index >= 15 is 0 Å². The molecule has 1 atom stereocenters. The lowest BCUT2D eigenvalue weighted by Gasteiger charge is -2.13. The van der Waals surface area contributed by atoms with Gasteiger partial charge in [-0.2, -0.15) is 0 Å². The van der Waals surface area contributed by atoms with E-state index in [-0.39, 0.29) is 18.9 Å². The lowest BCUT2D eigenvalue weighted by Crippen LogP contribution is -2.34.